The van der Waals surface area contributed by atoms with Crippen molar-refractivity contribution in [3.8, 4) is 6.07 Å². The van der Waals surface area contributed by atoms with Gasteiger partial charge in [0.15, 0.2) is 11.5 Å². The molecule has 0 fully saturated rings. The van der Waals surface area contributed by atoms with Gasteiger partial charge in [0.05, 0.1) is 5.56 Å². The quantitative estimate of drug-likeness (QED) is 0.649. The van der Waals surface area contributed by atoms with Gasteiger partial charge in [0, 0.05) is 6.20 Å². The Balaban J connectivity index is 3.25. The Bertz CT molecular complexity index is 330. The molecule has 0 aliphatic heterocycles. The molecule has 1 aromatic heterocycles. The fourth-order valence-corrected chi connectivity index (χ4v) is 0.705. The Hall–Kier alpha value is -1.57. The fourth-order valence-electron chi connectivity index (χ4n) is 0.705. The van der Waals surface area contributed by atoms with Crippen LogP contribution in [0.25, 0.3) is 0 Å². The van der Waals surface area contributed by atoms with Gasteiger partial charge in [-0.15, -0.1) is 0 Å². The van der Waals surface area contributed by atoms with Gasteiger partial charge in [0.25, 0.3) is 6.43 Å². The van der Waals surface area contributed by atoms with Crippen LogP contribution in [0.4, 0.5) is 13.2 Å². The van der Waals surface area contributed by atoms with Gasteiger partial charge < -0.3 is 0 Å². The molecule has 5 heteroatoms. The third kappa shape index (κ3) is 1.37. The molecule has 0 radical (unpaired) electrons. The van der Waals surface area contributed by atoms with Crippen molar-refractivity contribution >= 4 is 0 Å². The normalized spacial score (nSPS) is 9.92. The van der Waals surface area contributed by atoms with Crippen LogP contribution in [-0.2, 0) is 0 Å². The summed E-state index contributed by atoms with van der Waals surface area (Å²) < 4.78 is 36.7. The van der Waals surface area contributed by atoms with Crippen molar-refractivity contribution in [2.24, 2.45) is 0 Å². The van der Waals surface area contributed by atoms with Gasteiger partial charge in [-0.3, -0.25) is 0 Å². The molecule has 1 heterocycles. The SMILES string of the molecule is N#Cc1nccc(C(F)F)c1F. The second-order valence-electron chi connectivity index (χ2n) is 1.98. The van der Waals surface area contributed by atoms with E-state index in [1.165, 1.54) is 6.07 Å². The van der Waals surface area contributed by atoms with Crippen molar-refractivity contribution in [3.05, 3.63) is 29.3 Å². The molecule has 0 aliphatic rings. The van der Waals surface area contributed by atoms with E-state index in [1.807, 2.05) is 0 Å². The van der Waals surface area contributed by atoms with Gasteiger partial charge in [0.2, 0.25) is 0 Å². The Morgan fingerprint density at radius 1 is 1.50 bits per heavy atom. The highest BCUT2D eigenvalue weighted by Crippen LogP contribution is 2.22. The number of nitrogens with zero attached hydrogens (tertiary/aromatic N) is 2. The summed E-state index contributed by atoms with van der Waals surface area (Å²) in [5.41, 5.74) is -1.39. The van der Waals surface area contributed by atoms with Crippen molar-refractivity contribution in [2.75, 3.05) is 0 Å². The molecule has 1 aromatic rings. The van der Waals surface area contributed by atoms with Gasteiger partial charge >= 0.3 is 0 Å². The van der Waals surface area contributed by atoms with Crippen molar-refractivity contribution < 1.29 is 13.2 Å². The summed E-state index contributed by atoms with van der Waals surface area (Å²) in [5, 5.41) is 8.23. The topological polar surface area (TPSA) is 36.7 Å². The zero-order valence-corrected chi connectivity index (χ0v) is 5.76. The zero-order valence-electron chi connectivity index (χ0n) is 5.76. The van der Waals surface area contributed by atoms with Crippen molar-refractivity contribution in [1.29, 1.82) is 5.26 Å². The summed E-state index contributed by atoms with van der Waals surface area (Å²) in [6.45, 7) is 0. The highest BCUT2D eigenvalue weighted by Gasteiger charge is 2.16. The molecule has 0 saturated heterocycles. The number of aromatic nitrogens is 1. The molecule has 0 bridgehead atoms. The van der Waals surface area contributed by atoms with Crippen LogP contribution >= 0.6 is 0 Å². The molecule has 0 unspecified atom stereocenters. The van der Waals surface area contributed by atoms with E-state index in [9.17, 15) is 13.2 Å². The van der Waals surface area contributed by atoms with Crippen molar-refractivity contribution in [2.45, 2.75) is 6.43 Å². The molecule has 2 nitrogen and oxygen atoms in total. The first-order valence-electron chi connectivity index (χ1n) is 2.99. The fraction of sp³-hybridized carbons (Fsp3) is 0.143. The standard InChI is InChI=1S/C7H3F3N2/c8-6-4(7(9)10)1-2-12-5(6)3-11/h1-2,7H. The number of alkyl halides is 2. The summed E-state index contributed by atoms with van der Waals surface area (Å²) in [7, 11) is 0. The first-order valence-corrected chi connectivity index (χ1v) is 2.99. The van der Waals surface area contributed by atoms with Crippen LogP contribution in [-0.4, -0.2) is 4.98 Å². The monoisotopic (exact) mass is 172 g/mol. The lowest BCUT2D eigenvalue weighted by Crippen LogP contribution is -1.96. The summed E-state index contributed by atoms with van der Waals surface area (Å²) in [4.78, 5) is 3.27. The van der Waals surface area contributed by atoms with Crippen LogP contribution in [0.3, 0.4) is 0 Å². The van der Waals surface area contributed by atoms with Crippen LogP contribution in [0.2, 0.25) is 0 Å². The minimum atomic E-state index is -2.92. The van der Waals surface area contributed by atoms with Crippen LogP contribution in [0, 0.1) is 17.1 Å². The predicted molar refractivity (Wildman–Crippen MR) is 33.9 cm³/mol. The molecule has 0 aromatic carbocycles. The molecule has 0 atom stereocenters. The highest BCUT2D eigenvalue weighted by atomic mass is 19.3. The third-order valence-corrected chi connectivity index (χ3v) is 1.26. The minimum absolute atomic E-state index is 0.604. The molecular weight excluding hydrogens is 169 g/mol. The largest absolute Gasteiger partial charge is 0.266 e. The molecule has 1 rings (SSSR count). The highest BCUT2D eigenvalue weighted by molar-refractivity contribution is 5.28. The van der Waals surface area contributed by atoms with Gasteiger partial charge in [-0.05, 0) is 6.07 Å². The summed E-state index contributed by atoms with van der Waals surface area (Å²) >= 11 is 0. The maximum absolute atomic E-state index is 12.8. The number of pyridine rings is 1. The van der Waals surface area contributed by atoms with Gasteiger partial charge in [-0.25, -0.2) is 18.2 Å². The Kier molecular flexibility index (Phi) is 2.29. The molecular formula is C7H3F3N2. The third-order valence-electron chi connectivity index (χ3n) is 1.26. The molecule has 12 heavy (non-hydrogen) atoms. The van der Waals surface area contributed by atoms with Crippen LogP contribution in [0.5, 0.6) is 0 Å². The first-order chi connectivity index (χ1) is 5.66. The Morgan fingerprint density at radius 2 is 2.17 bits per heavy atom. The lowest BCUT2D eigenvalue weighted by molar-refractivity contribution is 0.146. The van der Waals surface area contributed by atoms with E-state index < -0.39 is 23.5 Å². The Labute approximate surface area is 66.3 Å². The number of rotatable bonds is 1. The molecule has 0 saturated carbocycles. The first kappa shape index (κ1) is 8.53. The van der Waals surface area contributed by atoms with Gasteiger partial charge in [-0.1, -0.05) is 0 Å². The average molecular weight is 172 g/mol. The van der Waals surface area contributed by atoms with E-state index in [-0.39, 0.29) is 0 Å². The number of halogens is 3. The van der Waals surface area contributed by atoms with Crippen LogP contribution < -0.4 is 0 Å². The number of hydrogen-bond acceptors (Lipinski definition) is 2. The minimum Gasteiger partial charge on any atom is -0.243 e. The second-order valence-corrected chi connectivity index (χ2v) is 1.98. The van der Waals surface area contributed by atoms with E-state index in [0.717, 1.165) is 12.3 Å². The number of hydrogen-bond donors (Lipinski definition) is 0. The summed E-state index contributed by atoms with van der Waals surface area (Å²) in [6, 6.07) is 2.22. The Morgan fingerprint density at radius 3 is 2.67 bits per heavy atom. The van der Waals surface area contributed by atoms with E-state index in [0.29, 0.717) is 0 Å². The average Bonchev–Trinajstić information content (AvgIpc) is 2.04. The predicted octanol–water partition coefficient (Wildman–Crippen LogP) is 2.03. The maximum Gasteiger partial charge on any atom is 0.266 e. The maximum atomic E-state index is 12.8. The molecule has 0 N–H and O–H groups in total. The van der Waals surface area contributed by atoms with E-state index >= 15 is 0 Å². The zero-order chi connectivity index (χ0) is 9.14. The van der Waals surface area contributed by atoms with Crippen molar-refractivity contribution in [1.82, 2.24) is 4.98 Å². The van der Waals surface area contributed by atoms with Crippen LogP contribution in [0.1, 0.15) is 17.7 Å². The molecule has 62 valence electrons. The lowest BCUT2D eigenvalue weighted by atomic mass is 10.2. The van der Waals surface area contributed by atoms with Gasteiger partial charge in [0.1, 0.15) is 6.07 Å². The molecule has 0 aliphatic carbocycles. The van der Waals surface area contributed by atoms with Crippen LogP contribution in [0.15, 0.2) is 12.3 Å². The smallest absolute Gasteiger partial charge is 0.243 e. The molecule has 0 amide bonds. The summed E-state index contributed by atoms with van der Waals surface area (Å²) in [6.07, 6.45) is -1.94. The summed E-state index contributed by atoms with van der Waals surface area (Å²) in [5.74, 6) is -1.24. The molecule has 0 spiro atoms. The van der Waals surface area contributed by atoms with E-state index in [2.05, 4.69) is 4.98 Å². The lowest BCUT2D eigenvalue weighted by Gasteiger charge is -2.00. The second kappa shape index (κ2) is 3.22. The number of nitriles is 1. The van der Waals surface area contributed by atoms with E-state index in [1.54, 1.807) is 0 Å². The van der Waals surface area contributed by atoms with Gasteiger partial charge in [-0.2, -0.15) is 5.26 Å². The van der Waals surface area contributed by atoms with E-state index in [4.69, 9.17) is 5.26 Å². The van der Waals surface area contributed by atoms with Crippen molar-refractivity contribution in [3.63, 3.8) is 0 Å².